The Morgan fingerprint density at radius 1 is 1.26 bits per heavy atom. The summed E-state index contributed by atoms with van der Waals surface area (Å²) in [6, 6.07) is 12.8. The largest absolute Gasteiger partial charge is 0.478 e. The average Bonchev–Trinajstić information content (AvgIpc) is 2.95. The second-order valence-corrected chi connectivity index (χ2v) is 5.01. The van der Waals surface area contributed by atoms with E-state index in [1.54, 1.807) is 18.3 Å². The van der Waals surface area contributed by atoms with E-state index in [2.05, 4.69) is 9.97 Å². The van der Waals surface area contributed by atoms with Gasteiger partial charge in [0.1, 0.15) is 0 Å². The molecule has 0 amide bonds. The van der Waals surface area contributed by atoms with E-state index in [4.69, 9.17) is 5.73 Å². The lowest BCUT2D eigenvalue weighted by atomic mass is 10.1. The van der Waals surface area contributed by atoms with Gasteiger partial charge < -0.3 is 15.4 Å². The van der Waals surface area contributed by atoms with Gasteiger partial charge in [-0.05, 0) is 24.6 Å². The number of hydrogen-bond acceptors (Lipinski definition) is 4. The first kappa shape index (κ1) is 14.8. The van der Waals surface area contributed by atoms with Crippen molar-refractivity contribution in [1.29, 1.82) is 0 Å². The number of nitrogen functional groups attached to an aromatic ring is 1. The Hall–Kier alpha value is -3.15. The molecule has 0 fully saturated rings. The molecule has 23 heavy (non-hydrogen) atoms. The van der Waals surface area contributed by atoms with E-state index in [-0.39, 0.29) is 11.5 Å². The Labute approximate surface area is 133 Å². The van der Waals surface area contributed by atoms with Crippen molar-refractivity contribution in [1.82, 2.24) is 14.5 Å². The van der Waals surface area contributed by atoms with Crippen LogP contribution in [-0.4, -0.2) is 25.6 Å². The molecule has 0 atom stereocenters. The third-order valence-electron chi connectivity index (χ3n) is 3.63. The van der Waals surface area contributed by atoms with Crippen molar-refractivity contribution in [3.63, 3.8) is 0 Å². The van der Waals surface area contributed by atoms with Crippen LogP contribution in [0.1, 0.15) is 17.3 Å². The van der Waals surface area contributed by atoms with Gasteiger partial charge in [-0.2, -0.15) is 0 Å². The lowest BCUT2D eigenvalue weighted by Gasteiger charge is -2.12. The van der Waals surface area contributed by atoms with Crippen LogP contribution in [0.25, 0.3) is 22.6 Å². The fourth-order valence-corrected chi connectivity index (χ4v) is 2.68. The predicted octanol–water partition coefficient (Wildman–Crippen LogP) is 2.91. The Balaban J connectivity index is 2.29. The highest BCUT2D eigenvalue weighted by atomic mass is 16.4. The van der Waals surface area contributed by atoms with Crippen molar-refractivity contribution in [2.24, 2.45) is 0 Å². The molecule has 0 unspecified atom stereocenters. The van der Waals surface area contributed by atoms with Crippen molar-refractivity contribution in [2.75, 3.05) is 5.73 Å². The van der Waals surface area contributed by atoms with Crippen LogP contribution in [0.15, 0.2) is 48.7 Å². The number of carboxylic acid groups (broad SMARTS) is 1. The van der Waals surface area contributed by atoms with Gasteiger partial charge in [-0.15, -0.1) is 0 Å². The molecule has 6 heteroatoms. The maximum absolute atomic E-state index is 11.7. The van der Waals surface area contributed by atoms with E-state index in [0.29, 0.717) is 23.6 Å². The van der Waals surface area contributed by atoms with Crippen LogP contribution in [0, 0.1) is 0 Å². The normalized spacial score (nSPS) is 10.7. The molecular weight excluding hydrogens is 292 g/mol. The first-order valence-corrected chi connectivity index (χ1v) is 7.23. The van der Waals surface area contributed by atoms with Gasteiger partial charge in [0, 0.05) is 12.7 Å². The Kier molecular flexibility index (Phi) is 3.80. The molecule has 0 aliphatic carbocycles. The number of hydrogen-bond donors (Lipinski definition) is 2. The number of anilines is 1. The summed E-state index contributed by atoms with van der Waals surface area (Å²) in [5.41, 5.74) is 8.71. The number of carbonyl (C=O) groups is 1. The molecule has 2 heterocycles. The third-order valence-corrected chi connectivity index (χ3v) is 3.63. The molecule has 0 radical (unpaired) electrons. The summed E-state index contributed by atoms with van der Waals surface area (Å²) in [5.74, 6) is -0.816. The number of aromatic carboxylic acids is 1. The molecule has 0 saturated carbocycles. The number of nitrogens with zero attached hydrogens (tertiary/aromatic N) is 3. The second-order valence-electron chi connectivity index (χ2n) is 5.01. The number of rotatable bonds is 4. The van der Waals surface area contributed by atoms with Gasteiger partial charge in [0.2, 0.25) is 5.95 Å². The molecule has 0 saturated heterocycles. The van der Waals surface area contributed by atoms with Crippen LogP contribution in [0.4, 0.5) is 5.95 Å². The van der Waals surface area contributed by atoms with E-state index >= 15 is 0 Å². The lowest BCUT2D eigenvalue weighted by Crippen LogP contribution is -2.04. The minimum atomic E-state index is -0.973. The number of benzene rings is 1. The quantitative estimate of drug-likeness (QED) is 0.773. The van der Waals surface area contributed by atoms with Crippen LogP contribution in [-0.2, 0) is 6.54 Å². The molecule has 116 valence electrons. The van der Waals surface area contributed by atoms with E-state index in [0.717, 1.165) is 5.56 Å². The number of carboxylic acids is 1. The highest BCUT2D eigenvalue weighted by Gasteiger charge is 2.21. The van der Waals surface area contributed by atoms with Crippen molar-refractivity contribution in [3.05, 3.63) is 54.2 Å². The van der Waals surface area contributed by atoms with Gasteiger partial charge >= 0.3 is 5.97 Å². The SMILES string of the molecule is CCn1c(-c2ccnc(N)n2)cc(C(=O)O)c1-c1ccccc1. The maximum Gasteiger partial charge on any atom is 0.337 e. The molecule has 6 nitrogen and oxygen atoms in total. The van der Waals surface area contributed by atoms with Crippen LogP contribution in [0.3, 0.4) is 0 Å². The first-order chi connectivity index (χ1) is 11.1. The summed E-state index contributed by atoms with van der Waals surface area (Å²) in [6.07, 6.45) is 1.56. The third kappa shape index (κ3) is 2.66. The smallest absolute Gasteiger partial charge is 0.337 e. The van der Waals surface area contributed by atoms with Gasteiger partial charge in [0.15, 0.2) is 0 Å². The molecule has 0 bridgehead atoms. The average molecular weight is 308 g/mol. The fourth-order valence-electron chi connectivity index (χ4n) is 2.68. The molecule has 0 aliphatic rings. The zero-order valence-corrected chi connectivity index (χ0v) is 12.6. The van der Waals surface area contributed by atoms with Crippen molar-refractivity contribution in [2.45, 2.75) is 13.5 Å². The summed E-state index contributed by atoms with van der Waals surface area (Å²) in [5, 5.41) is 9.59. The lowest BCUT2D eigenvalue weighted by molar-refractivity contribution is 0.0698. The second kappa shape index (κ2) is 5.92. The molecule has 2 aromatic heterocycles. The standard InChI is InChI=1S/C17H16N4O2/c1-2-21-14(13-8-9-19-17(18)20-13)10-12(16(22)23)15(21)11-6-4-3-5-7-11/h3-10H,2H2,1H3,(H,22,23)(H2,18,19,20). The predicted molar refractivity (Wildman–Crippen MR) is 87.9 cm³/mol. The summed E-state index contributed by atoms with van der Waals surface area (Å²) in [6.45, 7) is 2.57. The molecular formula is C17H16N4O2. The Bertz CT molecular complexity index is 856. The van der Waals surface area contributed by atoms with Crippen LogP contribution in [0.2, 0.25) is 0 Å². The molecule has 0 spiro atoms. The van der Waals surface area contributed by atoms with Gasteiger partial charge in [-0.3, -0.25) is 0 Å². The summed E-state index contributed by atoms with van der Waals surface area (Å²) in [7, 11) is 0. The molecule has 3 aromatic rings. The Morgan fingerprint density at radius 3 is 2.61 bits per heavy atom. The zero-order valence-electron chi connectivity index (χ0n) is 12.6. The summed E-state index contributed by atoms with van der Waals surface area (Å²) in [4.78, 5) is 19.8. The minimum absolute atomic E-state index is 0.157. The fraction of sp³-hybridized carbons (Fsp3) is 0.118. The molecule has 3 N–H and O–H groups in total. The molecule has 3 rings (SSSR count). The number of nitrogens with two attached hydrogens (primary N) is 1. The zero-order chi connectivity index (χ0) is 16.4. The number of aromatic nitrogens is 3. The van der Waals surface area contributed by atoms with E-state index in [9.17, 15) is 9.90 Å². The van der Waals surface area contributed by atoms with Gasteiger partial charge in [0.25, 0.3) is 0 Å². The van der Waals surface area contributed by atoms with E-state index < -0.39 is 5.97 Å². The van der Waals surface area contributed by atoms with Crippen molar-refractivity contribution in [3.8, 4) is 22.6 Å². The van der Waals surface area contributed by atoms with E-state index in [1.165, 1.54) is 0 Å². The summed E-state index contributed by atoms with van der Waals surface area (Å²) >= 11 is 0. The van der Waals surface area contributed by atoms with Crippen LogP contribution in [0.5, 0.6) is 0 Å². The minimum Gasteiger partial charge on any atom is -0.478 e. The van der Waals surface area contributed by atoms with Crippen molar-refractivity contribution >= 4 is 11.9 Å². The van der Waals surface area contributed by atoms with Gasteiger partial charge in [-0.25, -0.2) is 14.8 Å². The van der Waals surface area contributed by atoms with Gasteiger partial charge in [0.05, 0.1) is 22.6 Å². The van der Waals surface area contributed by atoms with Crippen molar-refractivity contribution < 1.29 is 9.90 Å². The Morgan fingerprint density at radius 2 is 2.00 bits per heavy atom. The molecule has 1 aromatic carbocycles. The molecule has 0 aliphatic heterocycles. The maximum atomic E-state index is 11.7. The highest BCUT2D eigenvalue weighted by molar-refractivity contribution is 5.97. The van der Waals surface area contributed by atoms with Crippen LogP contribution < -0.4 is 5.73 Å². The van der Waals surface area contributed by atoms with Gasteiger partial charge in [-0.1, -0.05) is 30.3 Å². The van der Waals surface area contributed by atoms with E-state index in [1.807, 2.05) is 41.8 Å². The first-order valence-electron chi connectivity index (χ1n) is 7.23. The topological polar surface area (TPSA) is 94.0 Å². The monoisotopic (exact) mass is 308 g/mol. The highest BCUT2D eigenvalue weighted by Crippen LogP contribution is 2.32. The summed E-state index contributed by atoms with van der Waals surface area (Å²) < 4.78 is 1.93. The van der Waals surface area contributed by atoms with Crippen LogP contribution >= 0.6 is 0 Å².